The van der Waals surface area contributed by atoms with Crippen LogP contribution >= 0.6 is 0 Å². The van der Waals surface area contributed by atoms with Crippen molar-refractivity contribution in [1.29, 1.82) is 0 Å². The maximum absolute atomic E-state index is 11.0. The number of carbonyl (C=O) groups is 1. The molecule has 0 amide bonds. The molecular formula is C11H14N4O2. The molecular weight excluding hydrogens is 220 g/mol. The molecule has 0 spiro atoms. The highest BCUT2D eigenvalue weighted by molar-refractivity contribution is 5.87. The van der Waals surface area contributed by atoms with E-state index in [1.54, 1.807) is 17.8 Å². The molecule has 0 unspecified atom stereocenters. The highest BCUT2D eigenvalue weighted by Gasteiger charge is 2.18. The average Bonchev–Trinajstić information content (AvgIpc) is 2.70. The number of aromatic nitrogens is 4. The third kappa shape index (κ3) is 1.71. The number of carboxylic acid groups (broad SMARTS) is 1. The van der Waals surface area contributed by atoms with Crippen LogP contribution in [0.1, 0.15) is 21.9 Å². The van der Waals surface area contributed by atoms with E-state index in [1.807, 2.05) is 20.9 Å². The zero-order valence-corrected chi connectivity index (χ0v) is 10.2. The van der Waals surface area contributed by atoms with E-state index >= 15 is 0 Å². The van der Waals surface area contributed by atoms with Crippen LogP contribution in [0.3, 0.4) is 0 Å². The smallest absolute Gasteiger partial charge is 0.354 e. The molecule has 0 aromatic carbocycles. The van der Waals surface area contributed by atoms with Crippen LogP contribution in [0.15, 0.2) is 6.07 Å². The van der Waals surface area contributed by atoms with Gasteiger partial charge in [-0.3, -0.25) is 9.36 Å². The molecule has 2 aromatic heterocycles. The summed E-state index contributed by atoms with van der Waals surface area (Å²) in [6.07, 6.45) is 0. The lowest BCUT2D eigenvalue weighted by Gasteiger charge is -1.96. The molecule has 0 bridgehead atoms. The van der Waals surface area contributed by atoms with E-state index in [2.05, 4.69) is 10.2 Å². The topological polar surface area (TPSA) is 72.9 Å². The van der Waals surface area contributed by atoms with E-state index in [9.17, 15) is 4.79 Å². The Balaban J connectivity index is 2.61. The van der Waals surface area contributed by atoms with Crippen molar-refractivity contribution in [2.24, 2.45) is 14.1 Å². The van der Waals surface area contributed by atoms with Gasteiger partial charge in [-0.05, 0) is 19.9 Å². The van der Waals surface area contributed by atoms with E-state index < -0.39 is 5.97 Å². The number of hydrogen-bond acceptors (Lipinski definition) is 3. The van der Waals surface area contributed by atoms with Crippen molar-refractivity contribution in [2.75, 3.05) is 0 Å². The van der Waals surface area contributed by atoms with Crippen molar-refractivity contribution >= 4 is 5.97 Å². The van der Waals surface area contributed by atoms with Crippen LogP contribution in [-0.4, -0.2) is 30.6 Å². The van der Waals surface area contributed by atoms with Crippen LogP contribution in [0.5, 0.6) is 0 Å². The maximum Gasteiger partial charge on any atom is 0.354 e. The molecule has 0 atom stereocenters. The highest BCUT2D eigenvalue weighted by atomic mass is 16.4. The van der Waals surface area contributed by atoms with E-state index in [0.717, 1.165) is 17.0 Å². The number of aromatic carboxylic acids is 1. The first-order valence-corrected chi connectivity index (χ1v) is 5.19. The predicted molar refractivity (Wildman–Crippen MR) is 61.8 cm³/mol. The summed E-state index contributed by atoms with van der Waals surface area (Å²) in [5.74, 6) is -0.981. The average molecular weight is 234 g/mol. The van der Waals surface area contributed by atoms with Crippen LogP contribution in [0.4, 0.5) is 0 Å². The molecule has 0 saturated carbocycles. The third-order valence-electron chi connectivity index (χ3n) is 2.86. The van der Waals surface area contributed by atoms with Crippen LogP contribution in [0.25, 0.3) is 11.3 Å². The zero-order valence-electron chi connectivity index (χ0n) is 10.2. The second-order valence-electron chi connectivity index (χ2n) is 4.01. The summed E-state index contributed by atoms with van der Waals surface area (Å²) in [6.45, 7) is 3.82. The van der Waals surface area contributed by atoms with E-state index in [1.165, 1.54) is 4.68 Å². The van der Waals surface area contributed by atoms with Crippen LogP contribution in [0.2, 0.25) is 0 Å². The van der Waals surface area contributed by atoms with Crippen molar-refractivity contribution in [1.82, 2.24) is 19.6 Å². The Morgan fingerprint density at radius 2 is 1.88 bits per heavy atom. The van der Waals surface area contributed by atoms with Crippen LogP contribution in [0, 0.1) is 13.8 Å². The molecule has 2 aromatic rings. The van der Waals surface area contributed by atoms with Gasteiger partial charge in [0.2, 0.25) is 0 Å². The first kappa shape index (κ1) is 11.4. The van der Waals surface area contributed by atoms with Gasteiger partial charge in [0, 0.05) is 25.4 Å². The fourth-order valence-electron chi connectivity index (χ4n) is 1.93. The third-order valence-corrected chi connectivity index (χ3v) is 2.86. The van der Waals surface area contributed by atoms with Gasteiger partial charge in [-0.25, -0.2) is 4.79 Å². The summed E-state index contributed by atoms with van der Waals surface area (Å²) in [5.41, 5.74) is 3.53. The van der Waals surface area contributed by atoms with Gasteiger partial charge in [0.05, 0.1) is 11.4 Å². The molecule has 1 N–H and O–H groups in total. The van der Waals surface area contributed by atoms with Gasteiger partial charge in [-0.2, -0.15) is 10.2 Å². The highest BCUT2D eigenvalue weighted by Crippen LogP contribution is 2.25. The monoisotopic (exact) mass is 234 g/mol. The van der Waals surface area contributed by atoms with Crippen LogP contribution in [-0.2, 0) is 14.1 Å². The quantitative estimate of drug-likeness (QED) is 0.845. The van der Waals surface area contributed by atoms with Gasteiger partial charge >= 0.3 is 5.97 Å². The van der Waals surface area contributed by atoms with Gasteiger partial charge in [-0.15, -0.1) is 0 Å². The maximum atomic E-state index is 11.0. The molecule has 0 aliphatic carbocycles. The predicted octanol–water partition coefficient (Wildman–Crippen LogP) is 1.14. The number of rotatable bonds is 2. The molecule has 6 heteroatoms. The van der Waals surface area contributed by atoms with Gasteiger partial charge in [-0.1, -0.05) is 0 Å². The lowest BCUT2D eigenvalue weighted by Crippen LogP contribution is -2.04. The molecule has 90 valence electrons. The van der Waals surface area contributed by atoms with Gasteiger partial charge in [0.1, 0.15) is 5.69 Å². The number of nitrogens with zero attached hydrogens (tertiary/aromatic N) is 4. The van der Waals surface area contributed by atoms with Gasteiger partial charge in [0.25, 0.3) is 0 Å². The van der Waals surface area contributed by atoms with Crippen molar-refractivity contribution in [2.45, 2.75) is 13.8 Å². The van der Waals surface area contributed by atoms with Crippen molar-refractivity contribution in [3.63, 3.8) is 0 Å². The molecule has 0 aliphatic rings. The summed E-state index contributed by atoms with van der Waals surface area (Å²) in [7, 11) is 3.47. The number of carboxylic acids is 1. The Hall–Kier alpha value is -2.11. The summed E-state index contributed by atoms with van der Waals surface area (Å²) >= 11 is 0. The SMILES string of the molecule is Cc1nn(C)c(C)c1-c1cc(C(=O)O)n(C)n1. The normalized spacial score (nSPS) is 10.8. The summed E-state index contributed by atoms with van der Waals surface area (Å²) in [4.78, 5) is 11.0. The summed E-state index contributed by atoms with van der Waals surface area (Å²) in [6, 6.07) is 1.57. The first-order valence-electron chi connectivity index (χ1n) is 5.19. The summed E-state index contributed by atoms with van der Waals surface area (Å²) < 4.78 is 3.13. The fourth-order valence-corrected chi connectivity index (χ4v) is 1.93. The van der Waals surface area contributed by atoms with E-state index in [4.69, 9.17) is 5.11 Å². The molecule has 0 radical (unpaired) electrons. The van der Waals surface area contributed by atoms with Crippen molar-refractivity contribution in [3.05, 3.63) is 23.1 Å². The molecule has 2 rings (SSSR count). The standard InChI is InChI=1S/C11H14N4O2/c1-6-10(7(2)14(3)12-6)8-5-9(11(16)17)15(4)13-8/h5H,1-4H3,(H,16,17). The lowest BCUT2D eigenvalue weighted by molar-refractivity contribution is 0.0685. The van der Waals surface area contributed by atoms with Gasteiger partial charge < -0.3 is 5.11 Å². The molecule has 0 saturated heterocycles. The fraction of sp³-hybridized carbons (Fsp3) is 0.364. The molecule has 2 heterocycles. The Morgan fingerprint density at radius 3 is 2.29 bits per heavy atom. The van der Waals surface area contributed by atoms with E-state index in [-0.39, 0.29) is 5.69 Å². The Kier molecular flexibility index (Phi) is 2.49. The molecule has 0 aliphatic heterocycles. The molecule has 0 fully saturated rings. The van der Waals surface area contributed by atoms with Crippen molar-refractivity contribution < 1.29 is 9.90 Å². The van der Waals surface area contributed by atoms with Gasteiger partial charge in [0.15, 0.2) is 0 Å². The van der Waals surface area contributed by atoms with Crippen molar-refractivity contribution in [3.8, 4) is 11.3 Å². The second-order valence-corrected chi connectivity index (χ2v) is 4.01. The minimum atomic E-state index is -0.981. The number of aryl methyl sites for hydroxylation is 3. The zero-order chi connectivity index (χ0) is 12.7. The van der Waals surface area contributed by atoms with Crippen LogP contribution < -0.4 is 0 Å². The molecule has 6 nitrogen and oxygen atoms in total. The Labute approximate surface area is 98.5 Å². The minimum Gasteiger partial charge on any atom is -0.477 e. The first-order chi connectivity index (χ1) is 7.91. The summed E-state index contributed by atoms with van der Waals surface area (Å²) in [5, 5.41) is 17.5. The minimum absolute atomic E-state index is 0.169. The van der Waals surface area contributed by atoms with E-state index in [0.29, 0.717) is 5.69 Å². The molecule has 17 heavy (non-hydrogen) atoms. The lowest BCUT2D eigenvalue weighted by atomic mass is 10.1. The Bertz CT molecular complexity index is 595. The number of hydrogen-bond donors (Lipinski definition) is 1. The Morgan fingerprint density at radius 1 is 1.24 bits per heavy atom. The largest absolute Gasteiger partial charge is 0.477 e. The second kappa shape index (κ2) is 3.73.